The molecule has 0 aliphatic carbocycles. The van der Waals surface area contributed by atoms with Crippen molar-refractivity contribution in [1.29, 1.82) is 0 Å². The molecule has 1 aliphatic rings. The molecule has 3 rings (SSSR count). The van der Waals surface area contributed by atoms with Crippen LogP contribution in [0.1, 0.15) is 18.0 Å². The van der Waals surface area contributed by atoms with Crippen molar-refractivity contribution in [2.24, 2.45) is 4.99 Å². The Morgan fingerprint density at radius 2 is 1.89 bits per heavy atom. The van der Waals surface area contributed by atoms with Gasteiger partial charge in [-0.2, -0.15) is 0 Å². The third-order valence-corrected chi connectivity index (χ3v) is 5.22. The van der Waals surface area contributed by atoms with Crippen LogP contribution in [0.2, 0.25) is 0 Å². The molecule has 0 radical (unpaired) electrons. The summed E-state index contributed by atoms with van der Waals surface area (Å²) >= 11 is 0. The zero-order valence-corrected chi connectivity index (χ0v) is 16.9. The van der Waals surface area contributed by atoms with Gasteiger partial charge in [-0.05, 0) is 50.3 Å². The molecule has 2 atom stereocenters. The number of anilines is 1. The summed E-state index contributed by atoms with van der Waals surface area (Å²) in [6, 6.07) is 17.7. The van der Waals surface area contributed by atoms with Crippen LogP contribution < -0.4 is 15.5 Å². The first kappa shape index (κ1) is 20.1. The van der Waals surface area contributed by atoms with Gasteiger partial charge in [0, 0.05) is 38.4 Å². The molecule has 0 spiro atoms. The maximum absolute atomic E-state index is 13.2. The van der Waals surface area contributed by atoms with E-state index >= 15 is 0 Å². The molecule has 28 heavy (non-hydrogen) atoms. The van der Waals surface area contributed by atoms with E-state index in [1.54, 1.807) is 7.05 Å². The molecule has 6 heteroatoms. The Balaban J connectivity index is 1.55. The van der Waals surface area contributed by atoms with E-state index in [1.807, 2.05) is 32.3 Å². The largest absolute Gasteiger partial charge is 0.369 e. The van der Waals surface area contributed by atoms with Crippen LogP contribution in [-0.2, 0) is 0 Å². The van der Waals surface area contributed by atoms with E-state index in [1.165, 1.54) is 17.8 Å². The second-order valence-electron chi connectivity index (χ2n) is 7.40. The van der Waals surface area contributed by atoms with Gasteiger partial charge in [-0.1, -0.05) is 30.3 Å². The Morgan fingerprint density at radius 1 is 1.18 bits per heavy atom. The van der Waals surface area contributed by atoms with Gasteiger partial charge < -0.3 is 20.4 Å². The highest BCUT2D eigenvalue weighted by atomic mass is 19.1. The van der Waals surface area contributed by atoms with E-state index in [9.17, 15) is 4.39 Å². The van der Waals surface area contributed by atoms with Gasteiger partial charge in [0.1, 0.15) is 5.82 Å². The highest BCUT2D eigenvalue weighted by Crippen LogP contribution is 2.20. The van der Waals surface area contributed by atoms with Crippen LogP contribution in [0.4, 0.5) is 10.1 Å². The van der Waals surface area contributed by atoms with Crippen molar-refractivity contribution in [1.82, 2.24) is 15.5 Å². The number of nitrogens with zero attached hydrogens (tertiary/aromatic N) is 3. The number of halogens is 1. The number of hydrogen-bond acceptors (Lipinski definition) is 3. The Labute approximate surface area is 167 Å². The lowest BCUT2D eigenvalue weighted by Gasteiger charge is -2.27. The molecule has 1 fully saturated rings. The topological polar surface area (TPSA) is 42.9 Å². The van der Waals surface area contributed by atoms with Gasteiger partial charge in [0.2, 0.25) is 0 Å². The van der Waals surface area contributed by atoms with Gasteiger partial charge >= 0.3 is 0 Å². The van der Waals surface area contributed by atoms with Gasteiger partial charge in [0.15, 0.2) is 5.96 Å². The minimum Gasteiger partial charge on any atom is -0.369 e. The smallest absolute Gasteiger partial charge is 0.191 e. The zero-order chi connectivity index (χ0) is 19.9. The van der Waals surface area contributed by atoms with Crippen molar-refractivity contribution < 1.29 is 4.39 Å². The van der Waals surface area contributed by atoms with Crippen molar-refractivity contribution in [2.75, 3.05) is 45.7 Å². The van der Waals surface area contributed by atoms with Crippen LogP contribution in [0.15, 0.2) is 59.6 Å². The Morgan fingerprint density at radius 3 is 2.54 bits per heavy atom. The van der Waals surface area contributed by atoms with Gasteiger partial charge in [0.05, 0.1) is 6.04 Å². The standard InChI is InChI=1S/C22H30FN5/c1-24-22(25-15-21(27(2)3)17-9-11-18(23)12-10-17)26-19-13-14-28(16-19)20-7-5-4-6-8-20/h4-12,19,21H,13-16H2,1-3H3,(H2,24,25,26). The van der Waals surface area contributed by atoms with Crippen molar-refractivity contribution in [3.63, 3.8) is 0 Å². The number of guanidine groups is 1. The van der Waals surface area contributed by atoms with Crippen LogP contribution in [0.3, 0.4) is 0 Å². The summed E-state index contributed by atoms with van der Waals surface area (Å²) in [5, 5.41) is 6.97. The molecule has 2 unspecified atom stereocenters. The molecule has 2 aromatic carbocycles. The fourth-order valence-electron chi connectivity index (χ4n) is 3.62. The molecule has 2 aromatic rings. The second kappa shape index (κ2) is 9.55. The molecule has 1 saturated heterocycles. The summed E-state index contributed by atoms with van der Waals surface area (Å²) in [7, 11) is 5.85. The predicted molar refractivity (Wildman–Crippen MR) is 114 cm³/mol. The van der Waals surface area contributed by atoms with Crippen LogP contribution in [0.25, 0.3) is 0 Å². The number of benzene rings is 2. The van der Waals surface area contributed by atoms with E-state index in [4.69, 9.17) is 0 Å². The number of hydrogen-bond donors (Lipinski definition) is 2. The van der Waals surface area contributed by atoms with Crippen molar-refractivity contribution in [3.8, 4) is 0 Å². The van der Waals surface area contributed by atoms with E-state index in [-0.39, 0.29) is 11.9 Å². The summed E-state index contributed by atoms with van der Waals surface area (Å²) in [5.41, 5.74) is 2.34. The van der Waals surface area contributed by atoms with Crippen molar-refractivity contribution in [3.05, 3.63) is 66.0 Å². The minimum atomic E-state index is -0.212. The van der Waals surface area contributed by atoms with Crippen molar-refractivity contribution >= 4 is 11.6 Å². The number of para-hydroxylation sites is 1. The molecule has 0 saturated carbocycles. The lowest BCUT2D eigenvalue weighted by molar-refractivity contribution is 0.297. The summed E-state index contributed by atoms with van der Waals surface area (Å²) in [5.74, 6) is 0.588. The monoisotopic (exact) mass is 383 g/mol. The van der Waals surface area contributed by atoms with Crippen LogP contribution in [0.5, 0.6) is 0 Å². The molecule has 1 aliphatic heterocycles. The van der Waals surface area contributed by atoms with E-state index in [0.29, 0.717) is 12.6 Å². The third-order valence-electron chi connectivity index (χ3n) is 5.22. The highest BCUT2D eigenvalue weighted by molar-refractivity contribution is 5.80. The van der Waals surface area contributed by atoms with E-state index in [0.717, 1.165) is 31.0 Å². The zero-order valence-electron chi connectivity index (χ0n) is 16.9. The molecule has 0 amide bonds. The summed E-state index contributed by atoms with van der Waals surface area (Å²) in [6.45, 7) is 2.68. The van der Waals surface area contributed by atoms with E-state index < -0.39 is 0 Å². The maximum Gasteiger partial charge on any atom is 0.191 e. The Bertz CT molecular complexity index is 760. The third kappa shape index (κ3) is 5.23. The van der Waals surface area contributed by atoms with Gasteiger partial charge in [-0.3, -0.25) is 4.99 Å². The number of nitrogens with one attached hydrogen (secondary N) is 2. The Hall–Kier alpha value is -2.60. The fourth-order valence-corrected chi connectivity index (χ4v) is 3.62. The van der Waals surface area contributed by atoms with Crippen LogP contribution >= 0.6 is 0 Å². The van der Waals surface area contributed by atoms with E-state index in [2.05, 4.69) is 49.7 Å². The van der Waals surface area contributed by atoms with Crippen LogP contribution in [0, 0.1) is 5.82 Å². The average molecular weight is 384 g/mol. The SMILES string of the molecule is CN=C(NCC(c1ccc(F)cc1)N(C)C)NC1CCN(c2ccccc2)C1. The first-order chi connectivity index (χ1) is 13.6. The molecule has 150 valence electrons. The first-order valence-electron chi connectivity index (χ1n) is 9.76. The average Bonchev–Trinajstić information content (AvgIpc) is 3.17. The van der Waals surface area contributed by atoms with Crippen molar-refractivity contribution in [2.45, 2.75) is 18.5 Å². The molecular weight excluding hydrogens is 353 g/mol. The first-order valence-corrected chi connectivity index (χ1v) is 9.76. The second-order valence-corrected chi connectivity index (χ2v) is 7.40. The molecule has 1 heterocycles. The number of aliphatic imine (C=N–C) groups is 1. The van der Waals surface area contributed by atoms with Gasteiger partial charge in [-0.15, -0.1) is 0 Å². The summed E-state index contributed by atoms with van der Waals surface area (Å²) in [4.78, 5) is 8.91. The molecule has 5 nitrogen and oxygen atoms in total. The minimum absolute atomic E-state index is 0.128. The fraction of sp³-hybridized carbons (Fsp3) is 0.409. The van der Waals surface area contributed by atoms with Gasteiger partial charge in [-0.25, -0.2) is 4.39 Å². The lowest BCUT2D eigenvalue weighted by Crippen LogP contribution is -2.46. The quantitative estimate of drug-likeness (QED) is 0.595. The summed E-state index contributed by atoms with van der Waals surface area (Å²) in [6.07, 6.45) is 1.07. The molecule has 0 aromatic heterocycles. The maximum atomic E-state index is 13.2. The molecular formula is C22H30FN5. The van der Waals surface area contributed by atoms with Gasteiger partial charge in [0.25, 0.3) is 0 Å². The molecule has 2 N–H and O–H groups in total. The van der Waals surface area contributed by atoms with Crippen LogP contribution in [-0.4, -0.2) is 57.7 Å². The molecule has 0 bridgehead atoms. The lowest BCUT2D eigenvalue weighted by atomic mass is 10.1. The number of rotatable bonds is 6. The Kier molecular flexibility index (Phi) is 6.87. The predicted octanol–water partition coefficient (Wildman–Crippen LogP) is 2.87. The number of likely N-dealkylation sites (N-methyl/N-ethyl adjacent to an activating group) is 1. The highest BCUT2D eigenvalue weighted by Gasteiger charge is 2.23. The summed E-state index contributed by atoms with van der Waals surface area (Å²) < 4.78 is 13.2. The normalized spacial score (nSPS) is 18.4.